The van der Waals surface area contributed by atoms with Crippen molar-refractivity contribution >= 4 is 17.8 Å². The van der Waals surface area contributed by atoms with E-state index in [2.05, 4.69) is 19.8 Å². The number of benzene rings is 1. The highest BCUT2D eigenvalue weighted by atomic mass is 32.2. The lowest BCUT2D eigenvalue weighted by Crippen LogP contribution is -2.37. The van der Waals surface area contributed by atoms with E-state index in [1.165, 1.54) is 23.0 Å². The van der Waals surface area contributed by atoms with E-state index in [4.69, 9.17) is 15.5 Å². The Labute approximate surface area is 246 Å². The highest BCUT2D eigenvalue weighted by molar-refractivity contribution is 8.00. The van der Waals surface area contributed by atoms with Crippen LogP contribution >= 0.6 is 11.9 Å². The Morgan fingerprint density at radius 2 is 1.76 bits per heavy atom. The maximum absolute atomic E-state index is 13.6. The van der Waals surface area contributed by atoms with Crippen LogP contribution in [-0.4, -0.2) is 44.1 Å². The normalized spacial score (nSPS) is 12.0. The number of unbranched alkanes of at least 4 members (excludes halogenated alkanes) is 3. The molecule has 1 aromatic carbocycles. The van der Waals surface area contributed by atoms with Crippen LogP contribution in [0.4, 0.5) is 23.4 Å². The molecule has 3 N–H and O–H groups in total. The van der Waals surface area contributed by atoms with Crippen LogP contribution in [0.2, 0.25) is 0 Å². The van der Waals surface area contributed by atoms with E-state index in [1.54, 1.807) is 18.3 Å². The van der Waals surface area contributed by atoms with Crippen molar-refractivity contribution in [1.29, 1.82) is 0 Å². The van der Waals surface area contributed by atoms with Crippen molar-refractivity contribution in [2.24, 2.45) is 11.1 Å². The molecule has 0 amide bonds. The Bertz CT molecular complexity index is 1460. The average Bonchev–Trinajstić information content (AvgIpc) is 3.43. The number of alkyl halides is 3. The van der Waals surface area contributed by atoms with Gasteiger partial charge in [0.2, 0.25) is 11.8 Å². The minimum absolute atomic E-state index is 0.0307. The molecule has 3 aromatic heterocycles. The van der Waals surface area contributed by atoms with Crippen LogP contribution in [-0.2, 0) is 6.42 Å². The third kappa shape index (κ3) is 8.19. The molecule has 0 fully saturated rings. The minimum Gasteiger partial charge on any atom is -0.476 e. The van der Waals surface area contributed by atoms with E-state index in [1.807, 2.05) is 24.3 Å². The summed E-state index contributed by atoms with van der Waals surface area (Å²) in [7, 11) is 0. The third-order valence-corrected chi connectivity index (χ3v) is 7.25. The van der Waals surface area contributed by atoms with Gasteiger partial charge in [-0.1, -0.05) is 43.2 Å². The smallest absolute Gasteiger partial charge is 0.397 e. The van der Waals surface area contributed by atoms with Crippen molar-refractivity contribution < 1.29 is 22.3 Å². The van der Waals surface area contributed by atoms with Crippen LogP contribution < -0.4 is 15.2 Å². The maximum atomic E-state index is 13.6. The predicted octanol–water partition coefficient (Wildman–Crippen LogP) is 7.01. The number of pyridine rings is 1. The van der Waals surface area contributed by atoms with Crippen molar-refractivity contribution in [3.63, 3.8) is 0 Å². The minimum atomic E-state index is -4.43. The summed E-state index contributed by atoms with van der Waals surface area (Å²) in [6, 6.07) is 13.8. The summed E-state index contributed by atoms with van der Waals surface area (Å²) in [6.45, 7) is 2.22. The largest absolute Gasteiger partial charge is 0.476 e. The highest BCUT2D eigenvalue weighted by Crippen LogP contribution is 2.38. The van der Waals surface area contributed by atoms with Gasteiger partial charge < -0.3 is 15.2 Å². The standard InChI is InChI=1S/C29H33F4N7OS/c1-28(2,29(31,32)33)19-41-24-15-17-40(38-24)27-26(21-12-7-6-11-20(21)10-5-3-4-8-16-34)37-23(18-35-27)39-42-25-14-9-13-22(30)36-25/h6-7,9,11-15,17-18H,3-5,8,10,16,19,34H2,1-2H3,(H,37,39). The summed E-state index contributed by atoms with van der Waals surface area (Å²) in [5.74, 6) is 0.205. The number of halogens is 4. The molecule has 42 heavy (non-hydrogen) atoms. The second-order valence-electron chi connectivity index (χ2n) is 10.3. The van der Waals surface area contributed by atoms with Gasteiger partial charge in [0.05, 0.1) is 11.6 Å². The van der Waals surface area contributed by atoms with Crippen LogP contribution in [0.3, 0.4) is 0 Å². The van der Waals surface area contributed by atoms with Crippen LogP contribution in [0.25, 0.3) is 17.1 Å². The van der Waals surface area contributed by atoms with E-state index >= 15 is 0 Å². The van der Waals surface area contributed by atoms with Crippen LogP contribution in [0.15, 0.2) is 66.0 Å². The molecule has 0 unspecified atom stereocenters. The lowest BCUT2D eigenvalue weighted by atomic mass is 9.94. The zero-order valence-corrected chi connectivity index (χ0v) is 24.2. The molecule has 0 saturated carbocycles. The van der Waals surface area contributed by atoms with Crippen molar-refractivity contribution in [2.45, 2.75) is 57.2 Å². The molecule has 0 radical (unpaired) electrons. The van der Waals surface area contributed by atoms with Crippen molar-refractivity contribution in [3.05, 3.63) is 72.4 Å². The molecular weight excluding hydrogens is 570 g/mol. The first kappa shape index (κ1) is 31.2. The second kappa shape index (κ2) is 14.0. The van der Waals surface area contributed by atoms with E-state index < -0.39 is 24.1 Å². The zero-order valence-electron chi connectivity index (χ0n) is 23.4. The van der Waals surface area contributed by atoms with Gasteiger partial charge in [-0.3, -0.25) is 0 Å². The second-order valence-corrected chi connectivity index (χ2v) is 11.1. The SMILES string of the molecule is CC(C)(COc1ccn(-c2ncc(NSc3cccc(F)n3)nc2-c2ccccc2CCCCCCN)n1)C(F)(F)F. The van der Waals surface area contributed by atoms with Crippen LogP contribution in [0.1, 0.15) is 45.1 Å². The Morgan fingerprint density at radius 1 is 0.976 bits per heavy atom. The summed E-state index contributed by atoms with van der Waals surface area (Å²) in [4.78, 5) is 13.3. The van der Waals surface area contributed by atoms with Gasteiger partial charge in [0.15, 0.2) is 11.6 Å². The first-order chi connectivity index (χ1) is 20.1. The van der Waals surface area contributed by atoms with Gasteiger partial charge in [0.25, 0.3) is 0 Å². The van der Waals surface area contributed by atoms with Crippen molar-refractivity contribution in [2.75, 3.05) is 17.9 Å². The molecule has 0 aliphatic carbocycles. The Balaban J connectivity index is 1.64. The van der Waals surface area contributed by atoms with Gasteiger partial charge in [-0.2, -0.15) is 17.6 Å². The fourth-order valence-corrected chi connectivity index (χ4v) is 4.54. The highest BCUT2D eigenvalue weighted by Gasteiger charge is 2.48. The predicted molar refractivity (Wildman–Crippen MR) is 155 cm³/mol. The van der Waals surface area contributed by atoms with Crippen LogP contribution in [0.5, 0.6) is 5.88 Å². The summed E-state index contributed by atoms with van der Waals surface area (Å²) in [5, 5.41) is 4.76. The average molecular weight is 604 g/mol. The number of aromatic nitrogens is 5. The van der Waals surface area contributed by atoms with Gasteiger partial charge in [-0.05, 0) is 57.4 Å². The molecule has 0 atom stereocenters. The van der Waals surface area contributed by atoms with E-state index in [-0.39, 0.29) is 5.88 Å². The quantitative estimate of drug-likeness (QED) is 0.0687. The lowest BCUT2D eigenvalue weighted by molar-refractivity contribution is -0.219. The molecule has 0 aliphatic heterocycles. The van der Waals surface area contributed by atoms with E-state index in [9.17, 15) is 17.6 Å². The molecule has 4 rings (SSSR count). The van der Waals surface area contributed by atoms with Gasteiger partial charge in [0, 0.05) is 29.8 Å². The van der Waals surface area contributed by atoms with E-state index in [0.29, 0.717) is 28.9 Å². The van der Waals surface area contributed by atoms with Gasteiger partial charge in [-0.15, -0.1) is 5.10 Å². The number of hydrogen-bond donors (Lipinski definition) is 2. The summed E-state index contributed by atoms with van der Waals surface area (Å²) in [5.41, 5.74) is 5.99. The van der Waals surface area contributed by atoms with Crippen molar-refractivity contribution in [1.82, 2.24) is 24.7 Å². The maximum Gasteiger partial charge on any atom is 0.397 e. The van der Waals surface area contributed by atoms with Crippen LogP contribution in [0, 0.1) is 11.4 Å². The third-order valence-electron chi connectivity index (χ3n) is 6.51. The summed E-state index contributed by atoms with van der Waals surface area (Å²) >= 11 is 1.09. The molecule has 0 aliphatic rings. The number of hydrogen-bond acceptors (Lipinski definition) is 8. The molecule has 8 nitrogen and oxygen atoms in total. The number of rotatable bonds is 14. The first-order valence-corrected chi connectivity index (χ1v) is 14.4. The zero-order chi connectivity index (χ0) is 30.2. The fraction of sp³-hybridized carbons (Fsp3) is 0.379. The number of aryl methyl sites for hydroxylation is 1. The Kier molecular flexibility index (Phi) is 10.4. The van der Waals surface area contributed by atoms with Gasteiger partial charge >= 0.3 is 6.18 Å². The van der Waals surface area contributed by atoms with Gasteiger partial charge in [0.1, 0.15) is 17.3 Å². The fourth-order valence-electron chi connectivity index (χ4n) is 3.95. The number of anilines is 1. The number of nitrogens with two attached hydrogens (primary N) is 1. The Morgan fingerprint density at radius 3 is 2.52 bits per heavy atom. The number of nitrogens with zero attached hydrogens (tertiary/aromatic N) is 5. The topological polar surface area (TPSA) is 104 Å². The van der Waals surface area contributed by atoms with Gasteiger partial charge in [-0.25, -0.2) is 19.6 Å². The monoisotopic (exact) mass is 603 g/mol. The molecule has 0 saturated heterocycles. The lowest BCUT2D eigenvalue weighted by Gasteiger charge is -2.26. The molecule has 13 heteroatoms. The van der Waals surface area contributed by atoms with E-state index in [0.717, 1.165) is 69.0 Å². The summed E-state index contributed by atoms with van der Waals surface area (Å²) in [6.07, 6.45) is 3.48. The molecule has 0 bridgehead atoms. The number of nitrogens with one attached hydrogen (secondary N) is 1. The number of ether oxygens (including phenoxy) is 1. The Hall–Kier alpha value is -3.71. The molecule has 3 heterocycles. The molecular formula is C29H33F4N7OS. The molecule has 0 spiro atoms. The summed E-state index contributed by atoms with van der Waals surface area (Å²) < 4.78 is 63.4. The molecule has 224 valence electrons. The first-order valence-electron chi connectivity index (χ1n) is 13.5. The molecule has 4 aromatic rings. The van der Waals surface area contributed by atoms with Crippen molar-refractivity contribution in [3.8, 4) is 23.0 Å².